The fourth-order valence-corrected chi connectivity index (χ4v) is 2.17. The maximum absolute atomic E-state index is 12.2. The van der Waals surface area contributed by atoms with Crippen LogP contribution in [0.4, 0.5) is 11.5 Å². The number of hydrogen-bond donors (Lipinski definition) is 2. The minimum Gasteiger partial charge on any atom is -0.385 e. The van der Waals surface area contributed by atoms with Crippen LogP contribution in [0.2, 0.25) is 0 Å². The van der Waals surface area contributed by atoms with E-state index in [-0.39, 0.29) is 5.91 Å². The standard InChI is InChI=1S/C15H17BrN4O2/c1-22-7-3-6-17-14-9-13(18-10-19-14)15(21)20-12-5-2-4-11(16)8-12/h2,4-5,8-10H,3,6-7H2,1H3,(H,20,21)(H,17,18,19). The predicted octanol–water partition coefficient (Wildman–Crippen LogP) is 2.94. The van der Waals surface area contributed by atoms with Crippen molar-refractivity contribution < 1.29 is 9.53 Å². The maximum atomic E-state index is 12.2. The molecule has 0 saturated heterocycles. The lowest BCUT2D eigenvalue weighted by Crippen LogP contribution is -2.15. The van der Waals surface area contributed by atoms with E-state index in [1.807, 2.05) is 24.3 Å². The largest absolute Gasteiger partial charge is 0.385 e. The summed E-state index contributed by atoms with van der Waals surface area (Å²) < 4.78 is 5.87. The van der Waals surface area contributed by atoms with Crippen LogP contribution >= 0.6 is 15.9 Å². The van der Waals surface area contributed by atoms with E-state index < -0.39 is 0 Å². The van der Waals surface area contributed by atoms with E-state index in [1.54, 1.807) is 13.2 Å². The lowest BCUT2D eigenvalue weighted by atomic mass is 10.3. The first-order valence-electron chi connectivity index (χ1n) is 6.81. The molecule has 1 aromatic carbocycles. The Labute approximate surface area is 137 Å². The molecule has 22 heavy (non-hydrogen) atoms. The number of hydrogen-bond acceptors (Lipinski definition) is 5. The molecule has 7 heteroatoms. The summed E-state index contributed by atoms with van der Waals surface area (Å²) in [4.78, 5) is 20.3. The van der Waals surface area contributed by atoms with Crippen LogP contribution in [0.25, 0.3) is 0 Å². The highest BCUT2D eigenvalue weighted by atomic mass is 79.9. The number of halogens is 1. The Morgan fingerprint density at radius 3 is 2.95 bits per heavy atom. The molecule has 6 nitrogen and oxygen atoms in total. The number of carbonyl (C=O) groups is 1. The fourth-order valence-electron chi connectivity index (χ4n) is 1.77. The van der Waals surface area contributed by atoms with Gasteiger partial charge in [0.05, 0.1) is 0 Å². The summed E-state index contributed by atoms with van der Waals surface area (Å²) in [6.07, 6.45) is 2.23. The van der Waals surface area contributed by atoms with Crippen molar-refractivity contribution in [3.8, 4) is 0 Å². The van der Waals surface area contributed by atoms with Gasteiger partial charge in [-0.2, -0.15) is 0 Å². The second-order valence-corrected chi connectivity index (χ2v) is 5.44. The molecule has 2 aromatic rings. The van der Waals surface area contributed by atoms with Gasteiger partial charge in [-0.05, 0) is 24.6 Å². The Bertz CT molecular complexity index is 636. The molecule has 1 aromatic heterocycles. The van der Waals surface area contributed by atoms with Gasteiger partial charge in [0.15, 0.2) is 0 Å². The van der Waals surface area contributed by atoms with Crippen molar-refractivity contribution in [2.24, 2.45) is 0 Å². The average molecular weight is 365 g/mol. The molecule has 2 rings (SSSR count). The summed E-state index contributed by atoms with van der Waals surface area (Å²) in [7, 11) is 1.66. The number of nitrogens with zero attached hydrogens (tertiary/aromatic N) is 2. The Hall–Kier alpha value is -1.99. The third-order valence-corrected chi connectivity index (χ3v) is 3.31. The van der Waals surface area contributed by atoms with Gasteiger partial charge in [-0.1, -0.05) is 22.0 Å². The highest BCUT2D eigenvalue weighted by molar-refractivity contribution is 9.10. The van der Waals surface area contributed by atoms with E-state index in [2.05, 4.69) is 36.5 Å². The first-order valence-corrected chi connectivity index (χ1v) is 7.60. The van der Waals surface area contributed by atoms with Crippen LogP contribution in [-0.4, -0.2) is 36.1 Å². The Morgan fingerprint density at radius 1 is 1.32 bits per heavy atom. The number of nitrogens with one attached hydrogen (secondary N) is 2. The normalized spacial score (nSPS) is 10.3. The zero-order valence-corrected chi connectivity index (χ0v) is 13.8. The SMILES string of the molecule is COCCCNc1cc(C(=O)Nc2cccc(Br)c2)ncn1. The highest BCUT2D eigenvalue weighted by Gasteiger charge is 2.09. The number of rotatable bonds is 7. The topological polar surface area (TPSA) is 76.1 Å². The van der Waals surface area contributed by atoms with Gasteiger partial charge in [-0.25, -0.2) is 9.97 Å². The Kier molecular flexibility index (Phi) is 6.29. The lowest BCUT2D eigenvalue weighted by molar-refractivity contribution is 0.102. The molecule has 0 aliphatic heterocycles. The Balaban J connectivity index is 1.97. The van der Waals surface area contributed by atoms with Gasteiger partial charge in [0.25, 0.3) is 5.91 Å². The van der Waals surface area contributed by atoms with Crippen LogP contribution in [0.1, 0.15) is 16.9 Å². The maximum Gasteiger partial charge on any atom is 0.274 e. The van der Waals surface area contributed by atoms with Crippen LogP contribution in [0.5, 0.6) is 0 Å². The smallest absolute Gasteiger partial charge is 0.274 e. The minimum atomic E-state index is -0.277. The number of methoxy groups -OCH3 is 1. The summed E-state index contributed by atoms with van der Waals surface area (Å²) in [6.45, 7) is 1.39. The fraction of sp³-hybridized carbons (Fsp3) is 0.267. The summed E-state index contributed by atoms with van der Waals surface area (Å²) in [5.74, 6) is 0.339. The summed E-state index contributed by atoms with van der Waals surface area (Å²) >= 11 is 3.36. The quantitative estimate of drug-likeness (QED) is 0.738. The molecule has 0 saturated carbocycles. The van der Waals surface area contributed by atoms with Crippen LogP contribution in [0.3, 0.4) is 0 Å². The molecule has 0 atom stereocenters. The summed E-state index contributed by atoms with van der Waals surface area (Å²) in [6, 6.07) is 9.00. The van der Waals surface area contributed by atoms with Crippen molar-refractivity contribution in [3.05, 3.63) is 46.8 Å². The van der Waals surface area contributed by atoms with Crippen LogP contribution < -0.4 is 10.6 Å². The molecule has 1 heterocycles. The molecular formula is C15H17BrN4O2. The second kappa shape index (κ2) is 8.45. The summed E-state index contributed by atoms with van der Waals surface area (Å²) in [5, 5.41) is 5.92. The van der Waals surface area contributed by atoms with Crippen molar-refractivity contribution in [3.63, 3.8) is 0 Å². The molecule has 1 amide bonds. The zero-order chi connectivity index (χ0) is 15.8. The second-order valence-electron chi connectivity index (χ2n) is 4.53. The number of amides is 1. The third kappa shape index (κ3) is 5.09. The van der Waals surface area contributed by atoms with Crippen LogP contribution in [0, 0.1) is 0 Å². The zero-order valence-electron chi connectivity index (χ0n) is 12.2. The van der Waals surface area contributed by atoms with Gasteiger partial charge in [0.1, 0.15) is 17.8 Å². The molecule has 0 unspecified atom stereocenters. The van der Waals surface area contributed by atoms with Crippen LogP contribution in [-0.2, 0) is 4.74 Å². The number of benzene rings is 1. The number of aromatic nitrogens is 2. The molecule has 0 aliphatic rings. The van der Waals surface area contributed by atoms with E-state index in [4.69, 9.17) is 4.74 Å². The monoisotopic (exact) mass is 364 g/mol. The van der Waals surface area contributed by atoms with E-state index in [9.17, 15) is 4.79 Å². The Morgan fingerprint density at radius 2 is 2.18 bits per heavy atom. The number of ether oxygens (including phenoxy) is 1. The van der Waals surface area contributed by atoms with Crippen molar-refractivity contribution >= 4 is 33.3 Å². The van der Waals surface area contributed by atoms with Gasteiger partial charge in [-0.3, -0.25) is 4.79 Å². The molecule has 0 radical (unpaired) electrons. The third-order valence-electron chi connectivity index (χ3n) is 2.81. The number of carbonyl (C=O) groups excluding carboxylic acids is 1. The first-order chi connectivity index (χ1) is 10.7. The molecule has 116 valence electrons. The first kappa shape index (κ1) is 16.4. The molecule has 0 bridgehead atoms. The molecule has 0 aliphatic carbocycles. The number of anilines is 2. The van der Waals surface area contributed by atoms with E-state index >= 15 is 0 Å². The van der Waals surface area contributed by atoms with Gasteiger partial charge < -0.3 is 15.4 Å². The van der Waals surface area contributed by atoms with Crippen molar-refractivity contribution in [1.29, 1.82) is 0 Å². The van der Waals surface area contributed by atoms with Crippen molar-refractivity contribution in [1.82, 2.24) is 9.97 Å². The van der Waals surface area contributed by atoms with Gasteiger partial charge in [0, 0.05) is 36.5 Å². The van der Waals surface area contributed by atoms with Gasteiger partial charge in [-0.15, -0.1) is 0 Å². The van der Waals surface area contributed by atoms with Gasteiger partial charge >= 0.3 is 0 Å². The van der Waals surface area contributed by atoms with E-state index in [0.717, 1.165) is 17.4 Å². The predicted molar refractivity (Wildman–Crippen MR) is 89.1 cm³/mol. The highest BCUT2D eigenvalue weighted by Crippen LogP contribution is 2.16. The molecule has 2 N–H and O–H groups in total. The van der Waals surface area contributed by atoms with Crippen molar-refractivity contribution in [2.75, 3.05) is 30.9 Å². The lowest BCUT2D eigenvalue weighted by Gasteiger charge is -2.07. The average Bonchev–Trinajstić information content (AvgIpc) is 2.52. The van der Waals surface area contributed by atoms with Crippen LogP contribution in [0.15, 0.2) is 41.1 Å². The van der Waals surface area contributed by atoms with Gasteiger partial charge in [0.2, 0.25) is 0 Å². The van der Waals surface area contributed by atoms with E-state index in [1.165, 1.54) is 6.33 Å². The van der Waals surface area contributed by atoms with Crippen molar-refractivity contribution in [2.45, 2.75) is 6.42 Å². The molecule has 0 spiro atoms. The minimum absolute atomic E-state index is 0.277. The summed E-state index contributed by atoms with van der Waals surface area (Å²) in [5.41, 5.74) is 1.01. The molecular weight excluding hydrogens is 348 g/mol. The van der Waals surface area contributed by atoms with E-state index in [0.29, 0.717) is 23.8 Å². The molecule has 0 fully saturated rings.